The number of aliphatic hydroxyl groups is 1. The molecule has 0 spiro atoms. The fourth-order valence-electron chi connectivity index (χ4n) is 2.41. The fourth-order valence-corrected chi connectivity index (χ4v) is 2.41. The molecule has 0 atom stereocenters. The van der Waals surface area contributed by atoms with Crippen LogP contribution in [0.25, 0.3) is 11.3 Å². The average molecular weight is 301 g/mol. The predicted molar refractivity (Wildman–Crippen MR) is 83.6 cm³/mol. The van der Waals surface area contributed by atoms with Gasteiger partial charge in [-0.25, -0.2) is 9.97 Å². The SMILES string of the molecule is CNc1ncc(-c2c(CO)cccc2CCC(=O)O)nc1C. The van der Waals surface area contributed by atoms with Crippen LogP contribution in [0.3, 0.4) is 0 Å². The minimum absolute atomic E-state index is 0.0306. The number of aromatic nitrogens is 2. The maximum absolute atomic E-state index is 10.8. The molecule has 0 radical (unpaired) electrons. The molecule has 0 aliphatic heterocycles. The molecule has 0 saturated heterocycles. The van der Waals surface area contributed by atoms with E-state index in [0.717, 1.165) is 16.8 Å². The Morgan fingerprint density at radius 1 is 1.32 bits per heavy atom. The van der Waals surface area contributed by atoms with Gasteiger partial charge in [-0.05, 0) is 24.5 Å². The highest BCUT2D eigenvalue weighted by Crippen LogP contribution is 2.28. The van der Waals surface area contributed by atoms with E-state index in [-0.39, 0.29) is 13.0 Å². The van der Waals surface area contributed by atoms with E-state index in [4.69, 9.17) is 5.11 Å². The summed E-state index contributed by atoms with van der Waals surface area (Å²) in [5.41, 5.74) is 3.72. The number of carboxylic acids is 1. The minimum atomic E-state index is -0.854. The van der Waals surface area contributed by atoms with Crippen molar-refractivity contribution < 1.29 is 15.0 Å². The number of aliphatic hydroxyl groups excluding tert-OH is 1. The lowest BCUT2D eigenvalue weighted by Crippen LogP contribution is -2.04. The zero-order valence-corrected chi connectivity index (χ0v) is 12.6. The van der Waals surface area contributed by atoms with Gasteiger partial charge in [-0.1, -0.05) is 18.2 Å². The van der Waals surface area contributed by atoms with E-state index in [2.05, 4.69) is 15.3 Å². The van der Waals surface area contributed by atoms with Crippen molar-refractivity contribution in [3.8, 4) is 11.3 Å². The van der Waals surface area contributed by atoms with Crippen LogP contribution in [0.4, 0.5) is 5.82 Å². The van der Waals surface area contributed by atoms with Crippen LogP contribution in [0, 0.1) is 6.92 Å². The molecule has 6 nitrogen and oxygen atoms in total. The fraction of sp³-hybridized carbons (Fsp3) is 0.312. The van der Waals surface area contributed by atoms with Gasteiger partial charge in [0.1, 0.15) is 5.82 Å². The highest BCUT2D eigenvalue weighted by atomic mass is 16.4. The molecule has 0 saturated carbocycles. The van der Waals surface area contributed by atoms with E-state index >= 15 is 0 Å². The molecule has 6 heteroatoms. The van der Waals surface area contributed by atoms with Crippen LogP contribution in [0.1, 0.15) is 23.2 Å². The van der Waals surface area contributed by atoms with Crippen LogP contribution < -0.4 is 5.32 Å². The number of rotatable bonds is 6. The number of carboxylic acid groups (broad SMARTS) is 1. The van der Waals surface area contributed by atoms with Crippen LogP contribution in [-0.4, -0.2) is 33.2 Å². The number of hydrogen-bond acceptors (Lipinski definition) is 5. The van der Waals surface area contributed by atoms with Crippen molar-refractivity contribution in [2.75, 3.05) is 12.4 Å². The number of carbonyl (C=O) groups is 1. The van der Waals surface area contributed by atoms with Gasteiger partial charge >= 0.3 is 5.97 Å². The van der Waals surface area contributed by atoms with Crippen molar-refractivity contribution in [2.45, 2.75) is 26.4 Å². The van der Waals surface area contributed by atoms with Gasteiger partial charge in [0.25, 0.3) is 0 Å². The molecule has 0 aliphatic rings. The molecule has 0 unspecified atom stereocenters. The number of benzene rings is 1. The number of nitrogens with zero attached hydrogens (tertiary/aromatic N) is 2. The highest BCUT2D eigenvalue weighted by Gasteiger charge is 2.14. The second kappa shape index (κ2) is 7.00. The largest absolute Gasteiger partial charge is 0.481 e. The van der Waals surface area contributed by atoms with Crippen molar-refractivity contribution in [3.63, 3.8) is 0 Å². The van der Waals surface area contributed by atoms with Crippen molar-refractivity contribution in [3.05, 3.63) is 41.2 Å². The van der Waals surface area contributed by atoms with Crippen LogP contribution in [0.15, 0.2) is 24.4 Å². The third-order valence-corrected chi connectivity index (χ3v) is 3.46. The summed E-state index contributed by atoms with van der Waals surface area (Å²) in [6.07, 6.45) is 2.05. The molecule has 1 aromatic carbocycles. The van der Waals surface area contributed by atoms with Gasteiger partial charge in [-0.3, -0.25) is 4.79 Å². The average Bonchev–Trinajstić information content (AvgIpc) is 2.52. The Hall–Kier alpha value is -2.47. The van der Waals surface area contributed by atoms with E-state index in [1.807, 2.05) is 25.1 Å². The molecule has 1 heterocycles. The standard InChI is InChI=1S/C16H19N3O3/c1-10-16(17-2)18-8-13(19-10)15-11(6-7-14(21)22)4-3-5-12(15)9-20/h3-5,8,20H,6-7,9H2,1-2H3,(H,17,18)(H,21,22). The molecule has 2 aromatic rings. The smallest absolute Gasteiger partial charge is 0.303 e. The molecular weight excluding hydrogens is 282 g/mol. The maximum Gasteiger partial charge on any atom is 0.303 e. The van der Waals surface area contributed by atoms with Gasteiger partial charge < -0.3 is 15.5 Å². The van der Waals surface area contributed by atoms with Crippen LogP contribution >= 0.6 is 0 Å². The van der Waals surface area contributed by atoms with Crippen molar-refractivity contribution in [1.82, 2.24) is 9.97 Å². The van der Waals surface area contributed by atoms with Crippen LogP contribution in [0.5, 0.6) is 0 Å². The molecule has 0 bridgehead atoms. The Morgan fingerprint density at radius 3 is 2.64 bits per heavy atom. The Bertz CT molecular complexity index is 686. The summed E-state index contributed by atoms with van der Waals surface area (Å²) in [6.45, 7) is 1.71. The first-order valence-corrected chi connectivity index (χ1v) is 7.02. The second-order valence-electron chi connectivity index (χ2n) is 4.94. The van der Waals surface area contributed by atoms with Gasteiger partial charge in [0.2, 0.25) is 0 Å². The number of anilines is 1. The summed E-state index contributed by atoms with van der Waals surface area (Å²) in [5, 5.41) is 21.4. The molecule has 0 amide bonds. The van der Waals surface area contributed by atoms with Crippen LogP contribution in [-0.2, 0) is 17.8 Å². The molecule has 22 heavy (non-hydrogen) atoms. The van der Waals surface area contributed by atoms with Gasteiger partial charge in [0, 0.05) is 19.0 Å². The van der Waals surface area contributed by atoms with Crippen molar-refractivity contribution in [2.24, 2.45) is 0 Å². The normalized spacial score (nSPS) is 10.5. The summed E-state index contributed by atoms with van der Waals surface area (Å²) < 4.78 is 0. The number of nitrogens with one attached hydrogen (secondary N) is 1. The van der Waals surface area contributed by atoms with Crippen molar-refractivity contribution in [1.29, 1.82) is 0 Å². The van der Waals surface area contributed by atoms with Gasteiger partial charge in [0.05, 0.1) is 24.2 Å². The number of aliphatic carboxylic acids is 1. The second-order valence-corrected chi connectivity index (χ2v) is 4.94. The summed E-state index contributed by atoms with van der Waals surface area (Å²) >= 11 is 0. The Morgan fingerprint density at radius 2 is 2.05 bits per heavy atom. The lowest BCUT2D eigenvalue weighted by molar-refractivity contribution is -0.136. The summed E-state index contributed by atoms with van der Waals surface area (Å²) in [6, 6.07) is 5.48. The van der Waals surface area contributed by atoms with Gasteiger partial charge in [-0.15, -0.1) is 0 Å². The molecule has 3 N–H and O–H groups in total. The van der Waals surface area contributed by atoms with Gasteiger partial charge in [0.15, 0.2) is 0 Å². The lowest BCUT2D eigenvalue weighted by Gasteiger charge is -2.14. The minimum Gasteiger partial charge on any atom is -0.481 e. The zero-order valence-electron chi connectivity index (χ0n) is 12.6. The third kappa shape index (κ3) is 3.40. The molecule has 1 aromatic heterocycles. The van der Waals surface area contributed by atoms with Crippen LogP contribution in [0.2, 0.25) is 0 Å². The molecular formula is C16H19N3O3. The monoisotopic (exact) mass is 301 g/mol. The summed E-state index contributed by atoms with van der Waals surface area (Å²) in [5.74, 6) is -0.162. The molecule has 2 rings (SSSR count). The van der Waals surface area contributed by atoms with E-state index in [0.29, 0.717) is 23.5 Å². The summed E-state index contributed by atoms with van der Waals surface area (Å²) in [4.78, 5) is 19.7. The van der Waals surface area contributed by atoms with E-state index in [1.54, 1.807) is 13.2 Å². The van der Waals surface area contributed by atoms with E-state index < -0.39 is 5.97 Å². The first-order chi connectivity index (χ1) is 10.6. The highest BCUT2D eigenvalue weighted by molar-refractivity contribution is 5.71. The Balaban J connectivity index is 2.51. The first kappa shape index (κ1) is 15.9. The number of hydrogen-bond donors (Lipinski definition) is 3. The zero-order chi connectivity index (χ0) is 16.1. The first-order valence-electron chi connectivity index (χ1n) is 7.02. The van der Waals surface area contributed by atoms with E-state index in [1.165, 1.54) is 0 Å². The Labute approximate surface area is 128 Å². The van der Waals surface area contributed by atoms with Crippen molar-refractivity contribution >= 4 is 11.8 Å². The summed E-state index contributed by atoms with van der Waals surface area (Å²) in [7, 11) is 1.77. The topological polar surface area (TPSA) is 95.3 Å². The molecule has 0 fully saturated rings. The number of aryl methyl sites for hydroxylation is 2. The lowest BCUT2D eigenvalue weighted by atomic mass is 9.95. The third-order valence-electron chi connectivity index (χ3n) is 3.46. The van der Waals surface area contributed by atoms with E-state index in [9.17, 15) is 9.90 Å². The van der Waals surface area contributed by atoms with Gasteiger partial charge in [-0.2, -0.15) is 0 Å². The predicted octanol–water partition coefficient (Wildman–Crippen LogP) is 2.00. The molecule has 116 valence electrons. The quantitative estimate of drug-likeness (QED) is 0.755. The maximum atomic E-state index is 10.8. The molecule has 0 aliphatic carbocycles. The Kier molecular flexibility index (Phi) is 5.06.